The van der Waals surface area contributed by atoms with E-state index in [9.17, 15) is 23.1 Å². The molecular weight excluding hydrogens is 494 g/mol. The molecule has 0 saturated carbocycles. The SMILES string of the molecule is O=C(O)c1ccc2c(c1)CCCC(c1ccc(F)cc1F)=C2c1ccc(C=C2CN(CCCF)C2)cc1F. The number of aromatic carboxylic acids is 1. The van der Waals surface area contributed by atoms with Crippen molar-refractivity contribution in [3.63, 3.8) is 0 Å². The van der Waals surface area contributed by atoms with Gasteiger partial charge in [-0.05, 0) is 89.4 Å². The number of carboxylic acid groups (broad SMARTS) is 1. The molecule has 1 aliphatic heterocycles. The van der Waals surface area contributed by atoms with Gasteiger partial charge in [-0.2, -0.15) is 0 Å². The highest BCUT2D eigenvalue weighted by Gasteiger charge is 2.25. The van der Waals surface area contributed by atoms with Gasteiger partial charge < -0.3 is 5.11 Å². The van der Waals surface area contributed by atoms with Gasteiger partial charge in [0.25, 0.3) is 0 Å². The topological polar surface area (TPSA) is 40.5 Å². The van der Waals surface area contributed by atoms with Gasteiger partial charge in [0.1, 0.15) is 17.5 Å². The van der Waals surface area contributed by atoms with Crippen LogP contribution in [0.2, 0.25) is 0 Å². The molecule has 0 atom stereocenters. The molecule has 1 saturated heterocycles. The highest BCUT2D eigenvalue weighted by Crippen LogP contribution is 2.42. The molecule has 196 valence electrons. The van der Waals surface area contributed by atoms with Gasteiger partial charge in [0.05, 0.1) is 12.2 Å². The van der Waals surface area contributed by atoms with Gasteiger partial charge >= 0.3 is 5.97 Å². The van der Waals surface area contributed by atoms with Gasteiger partial charge in [0, 0.05) is 36.8 Å². The van der Waals surface area contributed by atoms with Crippen LogP contribution in [-0.2, 0) is 6.42 Å². The van der Waals surface area contributed by atoms with E-state index < -0.39 is 23.4 Å². The monoisotopic (exact) mass is 521 g/mol. The first kappa shape index (κ1) is 25.9. The molecule has 1 N–H and O–H groups in total. The van der Waals surface area contributed by atoms with Gasteiger partial charge in [-0.25, -0.2) is 18.0 Å². The van der Waals surface area contributed by atoms with Crippen LogP contribution in [0.4, 0.5) is 17.6 Å². The molecular formula is C31H27F4NO2. The molecule has 5 rings (SSSR count). The van der Waals surface area contributed by atoms with E-state index in [-0.39, 0.29) is 23.4 Å². The van der Waals surface area contributed by atoms with E-state index in [1.807, 2.05) is 6.08 Å². The summed E-state index contributed by atoms with van der Waals surface area (Å²) in [5, 5.41) is 9.48. The predicted molar refractivity (Wildman–Crippen MR) is 140 cm³/mol. The summed E-state index contributed by atoms with van der Waals surface area (Å²) in [6, 6.07) is 13.0. The third-order valence-corrected chi connectivity index (χ3v) is 7.15. The third kappa shape index (κ3) is 5.29. The Labute approximate surface area is 218 Å². The number of benzene rings is 3. The van der Waals surface area contributed by atoms with E-state index in [4.69, 9.17) is 0 Å². The first-order valence-corrected chi connectivity index (χ1v) is 12.7. The maximum atomic E-state index is 15.8. The maximum Gasteiger partial charge on any atom is 0.335 e. The number of hydrogen-bond donors (Lipinski definition) is 1. The minimum absolute atomic E-state index is 0.128. The molecule has 3 aromatic rings. The standard InChI is InChI=1S/C31H27F4NO2/c32-11-2-12-36-17-20(18-36)13-19-5-8-27(28(34)14-19)30-24-9-6-22(31(37)38)15-21(24)3-1-4-26(30)25-10-7-23(33)16-29(25)35/h5-10,13-16H,1-4,11-12,17-18H2,(H,37,38). The highest BCUT2D eigenvalue weighted by molar-refractivity contribution is 6.01. The number of aryl methyl sites for hydroxylation is 1. The van der Waals surface area contributed by atoms with Gasteiger partial charge in [-0.3, -0.25) is 9.29 Å². The van der Waals surface area contributed by atoms with Crippen molar-refractivity contribution >= 4 is 23.2 Å². The Kier molecular flexibility index (Phi) is 7.47. The predicted octanol–water partition coefficient (Wildman–Crippen LogP) is 7.16. The lowest BCUT2D eigenvalue weighted by molar-refractivity contribution is 0.0696. The van der Waals surface area contributed by atoms with Crippen LogP contribution >= 0.6 is 0 Å². The van der Waals surface area contributed by atoms with Crippen molar-refractivity contribution < 1.29 is 27.5 Å². The second kappa shape index (κ2) is 11.0. The second-order valence-electron chi connectivity index (χ2n) is 9.80. The lowest BCUT2D eigenvalue weighted by atomic mass is 9.86. The highest BCUT2D eigenvalue weighted by atomic mass is 19.1. The molecule has 1 aliphatic carbocycles. The smallest absolute Gasteiger partial charge is 0.335 e. The quantitative estimate of drug-likeness (QED) is 0.336. The van der Waals surface area contributed by atoms with Crippen molar-refractivity contribution in [1.29, 1.82) is 0 Å². The molecule has 7 heteroatoms. The lowest BCUT2D eigenvalue weighted by Crippen LogP contribution is -2.40. The number of alkyl halides is 1. The van der Waals surface area contributed by atoms with Crippen LogP contribution in [0.5, 0.6) is 0 Å². The zero-order valence-electron chi connectivity index (χ0n) is 20.7. The van der Waals surface area contributed by atoms with Crippen LogP contribution in [0.3, 0.4) is 0 Å². The van der Waals surface area contributed by atoms with E-state index in [2.05, 4.69) is 4.90 Å². The molecule has 1 fully saturated rings. The van der Waals surface area contributed by atoms with E-state index in [1.54, 1.807) is 24.3 Å². The Morgan fingerprint density at radius 3 is 2.34 bits per heavy atom. The van der Waals surface area contributed by atoms with Crippen LogP contribution in [-0.4, -0.2) is 42.3 Å². The van der Waals surface area contributed by atoms with E-state index >= 15 is 4.39 Å². The maximum absolute atomic E-state index is 15.8. The Bertz CT molecular complexity index is 1450. The van der Waals surface area contributed by atoms with Gasteiger partial charge in [-0.15, -0.1) is 0 Å². The molecule has 0 radical (unpaired) electrons. The molecule has 3 nitrogen and oxygen atoms in total. The van der Waals surface area contributed by atoms with Gasteiger partial charge in [0.2, 0.25) is 0 Å². The van der Waals surface area contributed by atoms with Crippen LogP contribution < -0.4 is 0 Å². The number of halogens is 4. The minimum atomic E-state index is -1.06. The van der Waals surface area contributed by atoms with Gasteiger partial charge in [0.15, 0.2) is 0 Å². The summed E-state index contributed by atoms with van der Waals surface area (Å²) < 4.78 is 56.9. The summed E-state index contributed by atoms with van der Waals surface area (Å²) in [4.78, 5) is 13.7. The van der Waals surface area contributed by atoms with Crippen LogP contribution in [0, 0.1) is 17.5 Å². The van der Waals surface area contributed by atoms with E-state index in [1.165, 1.54) is 24.3 Å². The number of nitrogens with zero attached hydrogens (tertiary/aromatic N) is 1. The number of allylic oxidation sites excluding steroid dienone is 1. The number of likely N-dealkylation sites (tertiary alicyclic amines) is 1. The molecule has 0 amide bonds. The second-order valence-corrected chi connectivity index (χ2v) is 9.80. The van der Waals surface area contributed by atoms with E-state index in [0.717, 1.165) is 30.3 Å². The Morgan fingerprint density at radius 1 is 0.895 bits per heavy atom. The summed E-state index contributed by atoms with van der Waals surface area (Å²) >= 11 is 0. The molecule has 0 spiro atoms. The molecule has 2 aliphatic rings. The van der Waals surface area contributed by atoms with Crippen molar-refractivity contribution in [3.8, 4) is 0 Å². The van der Waals surface area contributed by atoms with Crippen LogP contribution in [0.15, 0.2) is 60.2 Å². The summed E-state index contributed by atoms with van der Waals surface area (Å²) in [6.45, 7) is 1.80. The average molecular weight is 522 g/mol. The summed E-state index contributed by atoms with van der Waals surface area (Å²) in [6.07, 6.45) is 3.97. The average Bonchev–Trinajstić information content (AvgIpc) is 3.04. The summed E-state index contributed by atoms with van der Waals surface area (Å²) in [5.74, 6) is -2.98. The fourth-order valence-corrected chi connectivity index (χ4v) is 5.35. The van der Waals surface area contributed by atoms with E-state index in [0.29, 0.717) is 54.5 Å². The Hall–Kier alpha value is -3.71. The van der Waals surface area contributed by atoms with Crippen molar-refractivity contribution in [2.75, 3.05) is 26.3 Å². The summed E-state index contributed by atoms with van der Waals surface area (Å²) in [7, 11) is 0. The van der Waals surface area contributed by atoms with Crippen molar-refractivity contribution in [2.24, 2.45) is 0 Å². The molecule has 3 aromatic carbocycles. The zero-order chi connectivity index (χ0) is 26.8. The Morgan fingerprint density at radius 2 is 1.63 bits per heavy atom. The van der Waals surface area contributed by atoms with Crippen molar-refractivity contribution in [1.82, 2.24) is 4.90 Å². The number of rotatable bonds is 7. The molecule has 0 aromatic heterocycles. The third-order valence-electron chi connectivity index (χ3n) is 7.15. The number of carboxylic acids is 1. The lowest BCUT2D eigenvalue weighted by Gasteiger charge is -2.33. The molecule has 0 unspecified atom stereocenters. The zero-order valence-corrected chi connectivity index (χ0v) is 20.7. The Balaban J connectivity index is 1.60. The van der Waals surface area contributed by atoms with Crippen molar-refractivity contribution in [2.45, 2.75) is 25.7 Å². The number of carbonyl (C=O) groups is 1. The first-order chi connectivity index (χ1) is 18.3. The van der Waals surface area contributed by atoms with Gasteiger partial charge in [-0.1, -0.05) is 24.3 Å². The fourth-order valence-electron chi connectivity index (χ4n) is 5.35. The van der Waals surface area contributed by atoms with Crippen LogP contribution in [0.1, 0.15) is 57.4 Å². The molecule has 38 heavy (non-hydrogen) atoms. The minimum Gasteiger partial charge on any atom is -0.478 e. The molecule has 1 heterocycles. The summed E-state index contributed by atoms with van der Waals surface area (Å²) in [5.41, 5.74) is 4.84. The van der Waals surface area contributed by atoms with Crippen LogP contribution in [0.25, 0.3) is 17.2 Å². The molecule has 0 bridgehead atoms. The fraction of sp³-hybridized carbons (Fsp3) is 0.258. The first-order valence-electron chi connectivity index (χ1n) is 12.7. The number of fused-ring (bicyclic) bond motifs is 1. The van der Waals surface area contributed by atoms with Crippen molar-refractivity contribution in [3.05, 3.63) is 111 Å². The largest absolute Gasteiger partial charge is 0.478 e. The normalized spacial score (nSPS) is 15.6. The number of hydrogen-bond acceptors (Lipinski definition) is 2.